The van der Waals surface area contributed by atoms with E-state index in [9.17, 15) is 0 Å². The van der Waals surface area contributed by atoms with E-state index in [2.05, 4.69) is 12.6 Å². The summed E-state index contributed by atoms with van der Waals surface area (Å²) in [7, 11) is 0. The Balaban J connectivity index is 1.69. The third-order valence-corrected chi connectivity index (χ3v) is 4.09. The molecule has 0 aromatic rings. The fraction of sp³-hybridized carbons (Fsp3) is 1.00. The molecule has 1 nitrogen and oxygen atoms in total. The summed E-state index contributed by atoms with van der Waals surface area (Å²) in [6.45, 7) is 2.02. The molecule has 0 bridgehead atoms. The number of rotatable bonds is 11. The Morgan fingerprint density at radius 1 is 0.824 bits per heavy atom. The van der Waals surface area contributed by atoms with E-state index in [-0.39, 0.29) is 0 Å². The van der Waals surface area contributed by atoms with Crippen molar-refractivity contribution in [1.82, 2.24) is 0 Å². The summed E-state index contributed by atoms with van der Waals surface area (Å²) in [6, 6.07) is 0. The molecule has 0 heterocycles. The number of unbranched alkanes of at least 4 members (excludes halogenated alkanes) is 6. The average Bonchev–Trinajstić information content (AvgIpc) is 2.85. The van der Waals surface area contributed by atoms with E-state index in [0.717, 1.165) is 24.9 Å². The Morgan fingerprint density at radius 3 is 2.06 bits per heavy atom. The minimum atomic E-state index is 0.885. The van der Waals surface area contributed by atoms with E-state index >= 15 is 0 Å². The molecule has 0 atom stereocenters. The second-order valence-corrected chi connectivity index (χ2v) is 5.87. The van der Waals surface area contributed by atoms with Crippen molar-refractivity contribution in [3.8, 4) is 0 Å². The molecule has 0 unspecified atom stereocenters. The normalized spacial score (nSPS) is 16.8. The summed E-state index contributed by atoms with van der Waals surface area (Å²) in [5, 5.41) is 0. The molecular weight excluding hydrogens is 228 g/mol. The molecule has 0 spiro atoms. The van der Waals surface area contributed by atoms with Crippen LogP contribution in [0.4, 0.5) is 0 Å². The molecule has 0 amide bonds. The van der Waals surface area contributed by atoms with Gasteiger partial charge in [-0.1, -0.05) is 44.9 Å². The van der Waals surface area contributed by atoms with Crippen LogP contribution >= 0.6 is 12.6 Å². The zero-order chi connectivity index (χ0) is 12.2. The molecule has 1 aliphatic carbocycles. The van der Waals surface area contributed by atoms with E-state index < -0.39 is 0 Å². The maximum atomic E-state index is 5.75. The van der Waals surface area contributed by atoms with Gasteiger partial charge in [0.25, 0.3) is 0 Å². The number of hydrogen-bond donors (Lipinski definition) is 1. The van der Waals surface area contributed by atoms with Crippen LogP contribution in [0.5, 0.6) is 0 Å². The first kappa shape index (κ1) is 15.4. The number of thiol groups is 1. The lowest BCUT2D eigenvalue weighted by atomic mass is 10.1. The molecule has 2 heteroatoms. The van der Waals surface area contributed by atoms with Gasteiger partial charge in [-0.15, -0.1) is 0 Å². The first-order chi connectivity index (χ1) is 8.43. The van der Waals surface area contributed by atoms with Crippen molar-refractivity contribution in [2.24, 2.45) is 5.92 Å². The van der Waals surface area contributed by atoms with E-state index in [1.165, 1.54) is 70.6 Å². The molecule has 0 aliphatic heterocycles. The van der Waals surface area contributed by atoms with Crippen molar-refractivity contribution < 1.29 is 4.74 Å². The van der Waals surface area contributed by atoms with Crippen LogP contribution in [0.15, 0.2) is 0 Å². The topological polar surface area (TPSA) is 9.23 Å². The Labute approximate surface area is 113 Å². The fourth-order valence-corrected chi connectivity index (χ4v) is 2.85. The molecule has 1 saturated carbocycles. The molecule has 1 rings (SSSR count). The quantitative estimate of drug-likeness (QED) is 0.411. The highest BCUT2D eigenvalue weighted by molar-refractivity contribution is 7.80. The Morgan fingerprint density at radius 2 is 1.41 bits per heavy atom. The Hall–Kier alpha value is 0.310. The zero-order valence-electron chi connectivity index (χ0n) is 11.3. The van der Waals surface area contributed by atoms with Gasteiger partial charge in [0.1, 0.15) is 0 Å². The predicted octanol–water partition coefficient (Wildman–Crippen LogP) is 4.85. The van der Waals surface area contributed by atoms with Gasteiger partial charge in [0.05, 0.1) is 0 Å². The zero-order valence-corrected chi connectivity index (χ0v) is 12.2. The first-order valence-electron chi connectivity index (χ1n) is 7.62. The van der Waals surface area contributed by atoms with E-state index in [1.54, 1.807) is 0 Å². The van der Waals surface area contributed by atoms with Gasteiger partial charge in [-0.3, -0.25) is 0 Å². The van der Waals surface area contributed by atoms with Crippen LogP contribution < -0.4 is 0 Å². The van der Waals surface area contributed by atoms with Gasteiger partial charge in [-0.25, -0.2) is 0 Å². The highest BCUT2D eigenvalue weighted by Crippen LogP contribution is 2.24. The predicted molar refractivity (Wildman–Crippen MR) is 78.9 cm³/mol. The van der Waals surface area contributed by atoms with Crippen LogP contribution in [-0.4, -0.2) is 19.0 Å². The summed E-state index contributed by atoms with van der Waals surface area (Å²) in [4.78, 5) is 0. The standard InChI is InChI=1S/C15H30OS/c17-13-9-5-3-1-2-4-8-12-16-14-15-10-6-7-11-15/h15,17H,1-14H2. The highest BCUT2D eigenvalue weighted by atomic mass is 32.1. The van der Waals surface area contributed by atoms with E-state index in [0.29, 0.717) is 0 Å². The van der Waals surface area contributed by atoms with Crippen LogP contribution in [0.2, 0.25) is 0 Å². The van der Waals surface area contributed by atoms with Crippen molar-refractivity contribution in [1.29, 1.82) is 0 Å². The molecule has 17 heavy (non-hydrogen) atoms. The van der Waals surface area contributed by atoms with Crippen molar-refractivity contribution in [3.05, 3.63) is 0 Å². The van der Waals surface area contributed by atoms with E-state index in [1.807, 2.05) is 0 Å². The molecule has 0 N–H and O–H groups in total. The van der Waals surface area contributed by atoms with Crippen molar-refractivity contribution >= 4 is 12.6 Å². The first-order valence-corrected chi connectivity index (χ1v) is 8.25. The minimum Gasteiger partial charge on any atom is -0.381 e. The summed E-state index contributed by atoms with van der Waals surface area (Å²) in [6.07, 6.45) is 15.1. The number of ether oxygens (including phenoxy) is 1. The SMILES string of the molecule is SCCCCCCCCCOCC1CCCC1. The smallest absolute Gasteiger partial charge is 0.0494 e. The maximum absolute atomic E-state index is 5.75. The molecule has 102 valence electrons. The fourth-order valence-electron chi connectivity index (χ4n) is 2.63. The van der Waals surface area contributed by atoms with Crippen molar-refractivity contribution in [3.63, 3.8) is 0 Å². The Bertz CT molecular complexity index is 155. The van der Waals surface area contributed by atoms with Gasteiger partial charge < -0.3 is 4.74 Å². The van der Waals surface area contributed by atoms with Crippen LogP contribution in [0.3, 0.4) is 0 Å². The van der Waals surface area contributed by atoms with Gasteiger partial charge >= 0.3 is 0 Å². The van der Waals surface area contributed by atoms with Crippen molar-refractivity contribution in [2.75, 3.05) is 19.0 Å². The van der Waals surface area contributed by atoms with Gasteiger partial charge in [0.2, 0.25) is 0 Å². The largest absolute Gasteiger partial charge is 0.381 e. The van der Waals surface area contributed by atoms with Crippen LogP contribution in [0.1, 0.15) is 70.6 Å². The maximum Gasteiger partial charge on any atom is 0.0494 e. The highest BCUT2D eigenvalue weighted by Gasteiger charge is 2.14. The molecule has 1 aliphatic rings. The van der Waals surface area contributed by atoms with E-state index in [4.69, 9.17) is 4.74 Å². The molecule has 0 radical (unpaired) electrons. The van der Waals surface area contributed by atoms with Crippen LogP contribution in [0.25, 0.3) is 0 Å². The van der Waals surface area contributed by atoms with Gasteiger partial charge in [0, 0.05) is 13.2 Å². The summed E-state index contributed by atoms with van der Waals surface area (Å²) in [5.74, 6) is 1.94. The van der Waals surface area contributed by atoms with Crippen molar-refractivity contribution in [2.45, 2.75) is 70.6 Å². The molecular formula is C15H30OS. The van der Waals surface area contributed by atoms with Gasteiger partial charge in [-0.2, -0.15) is 12.6 Å². The lowest BCUT2D eigenvalue weighted by molar-refractivity contribution is 0.0978. The van der Waals surface area contributed by atoms with Crippen LogP contribution in [0, 0.1) is 5.92 Å². The molecule has 1 fully saturated rings. The molecule has 0 saturated heterocycles. The van der Waals surface area contributed by atoms with Gasteiger partial charge in [-0.05, 0) is 37.4 Å². The Kier molecular flexibility index (Phi) is 10.3. The second kappa shape index (κ2) is 11.4. The third-order valence-electron chi connectivity index (χ3n) is 3.78. The van der Waals surface area contributed by atoms with Gasteiger partial charge in [0.15, 0.2) is 0 Å². The lowest BCUT2D eigenvalue weighted by Gasteiger charge is -2.09. The van der Waals surface area contributed by atoms with Crippen LogP contribution in [-0.2, 0) is 4.74 Å². The molecule has 0 aromatic carbocycles. The summed E-state index contributed by atoms with van der Waals surface area (Å²) < 4.78 is 5.75. The minimum absolute atomic E-state index is 0.885. The summed E-state index contributed by atoms with van der Waals surface area (Å²) >= 11 is 4.22. The lowest BCUT2D eigenvalue weighted by Crippen LogP contribution is -2.06. The monoisotopic (exact) mass is 258 g/mol. The third kappa shape index (κ3) is 8.96. The second-order valence-electron chi connectivity index (χ2n) is 5.42. The summed E-state index contributed by atoms with van der Waals surface area (Å²) in [5.41, 5.74) is 0. The average molecular weight is 258 g/mol. The molecule has 0 aromatic heterocycles. The number of hydrogen-bond acceptors (Lipinski definition) is 2.